The predicted octanol–water partition coefficient (Wildman–Crippen LogP) is 2.90. The summed E-state index contributed by atoms with van der Waals surface area (Å²) in [4.78, 5) is 19.2. The van der Waals surface area contributed by atoms with Crippen molar-refractivity contribution in [3.05, 3.63) is 24.3 Å². The van der Waals surface area contributed by atoms with E-state index in [1.54, 1.807) is 4.90 Å². The largest absolute Gasteiger partial charge is 0.370 e. The first-order valence-corrected chi connectivity index (χ1v) is 13.0. The summed E-state index contributed by atoms with van der Waals surface area (Å²) in [5.41, 5.74) is 6.41. The van der Waals surface area contributed by atoms with Gasteiger partial charge in [0.25, 0.3) is 5.91 Å². The summed E-state index contributed by atoms with van der Waals surface area (Å²) in [6.07, 6.45) is 0. The van der Waals surface area contributed by atoms with Gasteiger partial charge in [0.15, 0.2) is 0 Å². The zero-order valence-electron chi connectivity index (χ0n) is 18.0. The van der Waals surface area contributed by atoms with Crippen molar-refractivity contribution in [3.63, 3.8) is 0 Å². The molecular weight excluding hydrogens is 419 g/mol. The minimum absolute atomic E-state index is 0.0380. The van der Waals surface area contributed by atoms with E-state index in [2.05, 4.69) is 47.9 Å². The third-order valence-electron chi connectivity index (χ3n) is 7.10. The molecule has 0 bridgehead atoms. The zero-order chi connectivity index (χ0) is 21.4. The lowest BCUT2D eigenvalue weighted by atomic mass is 9.71. The number of carbonyl (C=O) groups excluding carboxylic acids is 1. The Hall–Kier alpha value is -1.12. The molecule has 0 aromatic heterocycles. The van der Waals surface area contributed by atoms with Gasteiger partial charge in [0.05, 0.1) is 0 Å². The smallest absolute Gasteiger partial charge is 0.267 e. The van der Waals surface area contributed by atoms with Crippen LogP contribution in [0.4, 0.5) is 15.8 Å². The van der Waals surface area contributed by atoms with Crippen LogP contribution >= 0.6 is 23.5 Å². The van der Waals surface area contributed by atoms with Crippen LogP contribution in [-0.4, -0.2) is 79.4 Å². The van der Waals surface area contributed by atoms with E-state index >= 15 is 0 Å². The quantitative estimate of drug-likeness (QED) is 0.716. The van der Waals surface area contributed by atoms with E-state index in [-0.39, 0.29) is 16.7 Å². The topological polar surface area (TPSA) is 52.8 Å². The second-order valence-electron chi connectivity index (χ2n) is 9.26. The highest BCUT2D eigenvalue weighted by molar-refractivity contribution is 8.00. The maximum absolute atomic E-state index is 14.3. The van der Waals surface area contributed by atoms with Gasteiger partial charge in [-0.2, -0.15) is 11.8 Å². The molecule has 0 saturated carbocycles. The van der Waals surface area contributed by atoms with Gasteiger partial charge in [-0.3, -0.25) is 4.79 Å². The second kappa shape index (κ2) is 8.79. The lowest BCUT2D eigenvalue weighted by Crippen LogP contribution is -2.39. The molecule has 0 aliphatic carbocycles. The average Bonchev–Trinajstić information content (AvgIpc) is 3.16. The second-order valence-corrected chi connectivity index (χ2v) is 11.6. The van der Waals surface area contributed by atoms with Crippen molar-refractivity contribution in [2.24, 2.45) is 16.6 Å². The Kier molecular flexibility index (Phi) is 6.47. The SMILES string of the molecule is C[C@@]12CN(C(=O)C(F)SCCN)C[C@]1(C)CN(c1ccc(N3CCSCC3)cc1)C2. The minimum Gasteiger partial charge on any atom is -0.370 e. The molecule has 30 heavy (non-hydrogen) atoms. The van der Waals surface area contributed by atoms with E-state index in [0.29, 0.717) is 25.4 Å². The molecule has 1 unspecified atom stereocenters. The Labute approximate surface area is 187 Å². The van der Waals surface area contributed by atoms with E-state index < -0.39 is 5.50 Å². The number of hydrogen-bond donors (Lipinski definition) is 1. The molecule has 3 heterocycles. The predicted molar refractivity (Wildman–Crippen MR) is 127 cm³/mol. The first kappa shape index (κ1) is 22.1. The molecule has 3 atom stereocenters. The molecule has 5 nitrogen and oxygen atoms in total. The number of thioether (sulfide) groups is 2. The molecule has 1 amide bonds. The Morgan fingerprint density at radius 2 is 1.60 bits per heavy atom. The molecule has 3 fully saturated rings. The van der Waals surface area contributed by atoms with Crippen molar-refractivity contribution in [2.75, 3.05) is 72.9 Å². The molecule has 3 saturated heterocycles. The van der Waals surface area contributed by atoms with Crippen molar-refractivity contribution in [1.82, 2.24) is 4.90 Å². The number of rotatable bonds is 6. The van der Waals surface area contributed by atoms with Gasteiger partial charge in [-0.05, 0) is 24.3 Å². The fraction of sp³-hybridized carbons (Fsp3) is 0.682. The van der Waals surface area contributed by atoms with Crippen molar-refractivity contribution in [1.29, 1.82) is 0 Å². The number of nitrogens with two attached hydrogens (primary N) is 1. The highest BCUT2D eigenvalue weighted by atomic mass is 32.2. The number of alkyl halides is 1. The van der Waals surface area contributed by atoms with Crippen LogP contribution < -0.4 is 15.5 Å². The lowest BCUT2D eigenvalue weighted by molar-refractivity contribution is -0.132. The van der Waals surface area contributed by atoms with Crippen LogP contribution in [0.15, 0.2) is 24.3 Å². The lowest BCUT2D eigenvalue weighted by Gasteiger charge is -2.30. The molecule has 3 aliphatic rings. The number of nitrogens with zero attached hydrogens (tertiary/aromatic N) is 3. The highest BCUT2D eigenvalue weighted by Gasteiger charge is 2.58. The first-order valence-electron chi connectivity index (χ1n) is 10.8. The van der Waals surface area contributed by atoms with Crippen LogP contribution in [-0.2, 0) is 4.79 Å². The van der Waals surface area contributed by atoms with Crippen LogP contribution in [0.3, 0.4) is 0 Å². The van der Waals surface area contributed by atoms with E-state index in [4.69, 9.17) is 5.73 Å². The molecule has 0 radical (unpaired) electrons. The number of likely N-dealkylation sites (tertiary alicyclic amines) is 1. The monoisotopic (exact) mass is 452 g/mol. The molecule has 166 valence electrons. The Balaban J connectivity index is 1.41. The maximum atomic E-state index is 14.3. The summed E-state index contributed by atoms with van der Waals surface area (Å²) in [7, 11) is 0. The molecule has 2 N–H and O–H groups in total. The van der Waals surface area contributed by atoms with Gasteiger partial charge in [0.2, 0.25) is 5.50 Å². The van der Waals surface area contributed by atoms with Crippen molar-refractivity contribution in [3.8, 4) is 0 Å². The number of fused-ring (bicyclic) bond motifs is 1. The third kappa shape index (κ3) is 4.15. The van der Waals surface area contributed by atoms with Gasteiger partial charge in [-0.25, -0.2) is 4.39 Å². The summed E-state index contributed by atoms with van der Waals surface area (Å²) in [6.45, 7) is 10.1. The van der Waals surface area contributed by atoms with Gasteiger partial charge in [-0.15, -0.1) is 11.8 Å². The molecule has 1 aromatic carbocycles. The molecule has 8 heteroatoms. The van der Waals surface area contributed by atoms with Crippen LogP contribution in [0.25, 0.3) is 0 Å². The Morgan fingerprint density at radius 3 is 2.13 bits per heavy atom. The molecular formula is C22H33FN4OS2. The van der Waals surface area contributed by atoms with Gasteiger partial charge in [-0.1, -0.05) is 13.8 Å². The normalized spacial score (nSPS) is 29.9. The van der Waals surface area contributed by atoms with Crippen molar-refractivity contribution >= 4 is 40.8 Å². The Morgan fingerprint density at radius 1 is 1.07 bits per heavy atom. The Bertz CT molecular complexity index is 740. The van der Waals surface area contributed by atoms with E-state index in [1.807, 2.05) is 11.8 Å². The highest BCUT2D eigenvalue weighted by Crippen LogP contribution is 2.52. The van der Waals surface area contributed by atoms with Gasteiger partial charge in [0.1, 0.15) is 0 Å². The van der Waals surface area contributed by atoms with E-state index in [0.717, 1.165) is 37.9 Å². The van der Waals surface area contributed by atoms with Crippen molar-refractivity contribution in [2.45, 2.75) is 19.4 Å². The van der Waals surface area contributed by atoms with E-state index in [1.165, 1.54) is 22.9 Å². The fourth-order valence-electron chi connectivity index (χ4n) is 5.08. The standard InChI is InChI=1S/C22H33FN4OS2/c1-21-13-26(18-5-3-17(4-6-18)25-8-11-29-12-9-25)14-22(21,2)16-27(15-21)20(28)19(23)30-10-7-24/h3-6,19H,7-16,24H2,1-2H3/t19?,21-,22+. The first-order chi connectivity index (χ1) is 14.4. The van der Waals surface area contributed by atoms with Crippen LogP contribution in [0, 0.1) is 10.8 Å². The summed E-state index contributed by atoms with van der Waals surface area (Å²) in [6, 6.07) is 8.94. The van der Waals surface area contributed by atoms with Crippen LogP contribution in [0.5, 0.6) is 0 Å². The number of amides is 1. The summed E-state index contributed by atoms with van der Waals surface area (Å²) < 4.78 is 14.3. The number of benzene rings is 1. The zero-order valence-corrected chi connectivity index (χ0v) is 19.6. The maximum Gasteiger partial charge on any atom is 0.267 e. The number of anilines is 2. The van der Waals surface area contributed by atoms with Gasteiger partial charge in [0, 0.05) is 85.3 Å². The number of halogens is 1. The van der Waals surface area contributed by atoms with Gasteiger partial charge >= 0.3 is 0 Å². The van der Waals surface area contributed by atoms with E-state index in [9.17, 15) is 9.18 Å². The fourth-order valence-corrected chi connectivity index (χ4v) is 6.62. The van der Waals surface area contributed by atoms with Crippen molar-refractivity contribution < 1.29 is 9.18 Å². The number of carbonyl (C=O) groups is 1. The summed E-state index contributed by atoms with van der Waals surface area (Å²) in [5.74, 6) is 2.48. The summed E-state index contributed by atoms with van der Waals surface area (Å²) in [5, 5.41) is 0. The molecule has 1 aromatic rings. The van der Waals surface area contributed by atoms with Gasteiger partial charge < -0.3 is 20.4 Å². The average molecular weight is 453 g/mol. The molecule has 0 spiro atoms. The summed E-state index contributed by atoms with van der Waals surface area (Å²) >= 11 is 3.03. The third-order valence-corrected chi connectivity index (χ3v) is 9.00. The molecule has 4 rings (SSSR count). The van der Waals surface area contributed by atoms with Crippen LogP contribution in [0.2, 0.25) is 0 Å². The molecule has 3 aliphatic heterocycles. The number of hydrogen-bond acceptors (Lipinski definition) is 6. The minimum atomic E-state index is -1.50. The van der Waals surface area contributed by atoms with Crippen LogP contribution in [0.1, 0.15) is 13.8 Å².